The van der Waals surface area contributed by atoms with Crippen molar-refractivity contribution >= 4 is 28.7 Å². The fraction of sp³-hybridized carbons (Fsp3) is 0.571. The molecule has 1 N–H and O–H groups in total. The highest BCUT2D eigenvalue weighted by Gasteiger charge is 2.35. The van der Waals surface area contributed by atoms with Crippen LogP contribution in [0.2, 0.25) is 5.02 Å². The number of rotatable bonds is 4. The molecule has 0 aliphatic heterocycles. The molecule has 2 aromatic heterocycles. The van der Waals surface area contributed by atoms with Crippen molar-refractivity contribution in [1.82, 2.24) is 14.5 Å². The number of carboxylic acid groups (broad SMARTS) is 1. The van der Waals surface area contributed by atoms with Crippen LogP contribution in [0.3, 0.4) is 0 Å². The van der Waals surface area contributed by atoms with Crippen LogP contribution in [0.5, 0.6) is 5.75 Å². The van der Waals surface area contributed by atoms with Crippen molar-refractivity contribution in [3.05, 3.63) is 33.7 Å². The minimum atomic E-state index is -0.867. The molecule has 1 aliphatic rings. The van der Waals surface area contributed by atoms with Crippen LogP contribution in [0.1, 0.15) is 46.5 Å². The highest BCUT2D eigenvalue weighted by molar-refractivity contribution is 6.32. The summed E-state index contributed by atoms with van der Waals surface area (Å²) in [7, 11) is 1.67. The van der Waals surface area contributed by atoms with Crippen LogP contribution >= 0.6 is 11.6 Å². The second-order valence-corrected chi connectivity index (χ2v) is 9.12. The van der Waals surface area contributed by atoms with Gasteiger partial charge in [0, 0.05) is 24.7 Å². The zero-order valence-electron chi connectivity index (χ0n) is 17.3. The Kier molecular flexibility index (Phi) is 6.08. The van der Waals surface area contributed by atoms with Gasteiger partial charge in [-0.25, -0.2) is 4.79 Å². The van der Waals surface area contributed by atoms with E-state index < -0.39 is 11.6 Å². The van der Waals surface area contributed by atoms with Gasteiger partial charge in [-0.1, -0.05) is 11.6 Å². The van der Waals surface area contributed by atoms with Crippen molar-refractivity contribution in [2.45, 2.75) is 58.0 Å². The van der Waals surface area contributed by atoms with Gasteiger partial charge in [0.15, 0.2) is 5.75 Å². The van der Waals surface area contributed by atoms with Gasteiger partial charge in [0.2, 0.25) is 0 Å². The van der Waals surface area contributed by atoms with Crippen molar-refractivity contribution in [2.24, 2.45) is 13.0 Å². The number of hydrogen-bond donors (Lipinski definition) is 1. The van der Waals surface area contributed by atoms with Gasteiger partial charge in [-0.15, -0.1) is 0 Å². The third kappa shape index (κ3) is 4.50. The van der Waals surface area contributed by atoms with Crippen molar-refractivity contribution in [3.8, 4) is 5.75 Å². The summed E-state index contributed by atoms with van der Waals surface area (Å²) in [4.78, 5) is 29.6. The van der Waals surface area contributed by atoms with Crippen LogP contribution in [-0.2, 0) is 7.05 Å². The molecule has 0 saturated heterocycles. The fourth-order valence-electron chi connectivity index (χ4n) is 4.19. The average Bonchev–Trinajstić information content (AvgIpc) is 2.64. The molecule has 1 aliphatic carbocycles. The molecule has 0 atom stereocenters. The number of hydrogen-bond acceptors (Lipinski definition) is 4. The first-order valence-electron chi connectivity index (χ1n) is 9.89. The van der Waals surface area contributed by atoms with Crippen LogP contribution in [0.15, 0.2) is 23.1 Å². The lowest BCUT2D eigenvalue weighted by atomic mass is 9.84. The Hall–Kier alpha value is -2.28. The van der Waals surface area contributed by atoms with Gasteiger partial charge < -0.3 is 19.3 Å². The molecule has 2 aromatic rings. The number of amides is 1. The first kappa shape index (κ1) is 21.4. The van der Waals surface area contributed by atoms with E-state index in [1.807, 2.05) is 20.8 Å². The molecule has 0 aromatic carbocycles. The molecule has 8 heteroatoms. The topological polar surface area (TPSA) is 84.7 Å². The Balaban J connectivity index is 1.70. The lowest BCUT2D eigenvalue weighted by Crippen LogP contribution is -2.52. The highest BCUT2D eigenvalue weighted by Crippen LogP contribution is 2.34. The quantitative estimate of drug-likeness (QED) is 0.795. The maximum Gasteiger partial charge on any atom is 0.407 e. The molecule has 2 heterocycles. The monoisotopic (exact) mass is 421 g/mol. The van der Waals surface area contributed by atoms with Crippen molar-refractivity contribution in [1.29, 1.82) is 0 Å². The maximum atomic E-state index is 12.0. The van der Waals surface area contributed by atoms with Crippen LogP contribution < -0.4 is 10.3 Å². The lowest BCUT2D eigenvalue weighted by molar-refractivity contribution is 0.0462. The van der Waals surface area contributed by atoms with E-state index in [0.29, 0.717) is 34.3 Å². The molecule has 1 fully saturated rings. The summed E-state index contributed by atoms with van der Waals surface area (Å²) < 4.78 is 7.57. The Morgan fingerprint density at radius 3 is 2.55 bits per heavy atom. The second kappa shape index (κ2) is 8.22. The molecular formula is C21H28ClN3O4. The summed E-state index contributed by atoms with van der Waals surface area (Å²) >= 11 is 6.32. The Labute approximate surface area is 175 Å². The predicted molar refractivity (Wildman–Crippen MR) is 113 cm³/mol. The summed E-state index contributed by atoms with van der Waals surface area (Å²) in [6, 6.07) is 3.16. The van der Waals surface area contributed by atoms with E-state index in [0.717, 1.165) is 25.7 Å². The normalized spacial score (nSPS) is 19.9. The van der Waals surface area contributed by atoms with E-state index in [-0.39, 0.29) is 11.6 Å². The van der Waals surface area contributed by atoms with Crippen LogP contribution in [0.4, 0.5) is 4.79 Å². The van der Waals surface area contributed by atoms with Crippen molar-refractivity contribution < 1.29 is 14.6 Å². The zero-order chi connectivity index (χ0) is 21.3. The minimum Gasteiger partial charge on any atom is -0.489 e. The highest BCUT2D eigenvalue weighted by atomic mass is 35.5. The summed E-state index contributed by atoms with van der Waals surface area (Å²) in [6.45, 7) is 6.25. The molecule has 1 saturated carbocycles. The van der Waals surface area contributed by atoms with E-state index in [1.165, 1.54) is 16.8 Å². The van der Waals surface area contributed by atoms with Gasteiger partial charge in [-0.3, -0.25) is 9.78 Å². The van der Waals surface area contributed by atoms with Crippen molar-refractivity contribution in [3.63, 3.8) is 0 Å². The molecule has 1 amide bonds. The Morgan fingerprint density at radius 2 is 1.97 bits per heavy atom. The van der Waals surface area contributed by atoms with Gasteiger partial charge in [0.05, 0.1) is 18.3 Å². The third-order valence-electron chi connectivity index (χ3n) is 5.61. The van der Waals surface area contributed by atoms with E-state index in [9.17, 15) is 14.7 Å². The summed E-state index contributed by atoms with van der Waals surface area (Å²) in [5.41, 5.74) is 0.664. The van der Waals surface area contributed by atoms with Gasteiger partial charge in [-0.05, 0) is 58.4 Å². The van der Waals surface area contributed by atoms with Gasteiger partial charge >= 0.3 is 6.09 Å². The second-order valence-electron chi connectivity index (χ2n) is 8.71. The summed E-state index contributed by atoms with van der Waals surface area (Å²) in [5.74, 6) is 0.780. The molecular weight excluding hydrogens is 394 g/mol. The largest absolute Gasteiger partial charge is 0.489 e. The molecule has 29 heavy (non-hydrogen) atoms. The van der Waals surface area contributed by atoms with Gasteiger partial charge in [-0.2, -0.15) is 0 Å². The summed E-state index contributed by atoms with van der Waals surface area (Å²) in [6.07, 6.45) is 4.04. The van der Waals surface area contributed by atoms with E-state index >= 15 is 0 Å². The number of aryl methyl sites for hydroxylation is 1. The molecule has 158 valence electrons. The van der Waals surface area contributed by atoms with Crippen LogP contribution in [-0.4, -0.2) is 43.8 Å². The molecule has 7 nitrogen and oxygen atoms in total. The number of nitrogens with zero attached hydrogens (tertiary/aromatic N) is 3. The maximum absolute atomic E-state index is 12.0. The van der Waals surface area contributed by atoms with E-state index in [1.54, 1.807) is 18.0 Å². The number of ether oxygens (including phenoxy) is 1. The van der Waals surface area contributed by atoms with E-state index in [4.69, 9.17) is 16.3 Å². The number of fused-ring (bicyclic) bond motifs is 1. The molecule has 0 unspecified atom stereocenters. The standard InChI is InChI=1S/C21H28ClN3O4/c1-21(2,3)25(20(27)28)14-7-5-13(6-8-14)12-29-19-15(22)11-23-16-9-10-17(26)24(4)18(16)19/h9-11,13-14H,5-8,12H2,1-4H3,(H,27,28)/t13-,14-. The lowest BCUT2D eigenvalue weighted by Gasteiger charge is -2.42. The van der Waals surface area contributed by atoms with Crippen LogP contribution in [0, 0.1) is 5.92 Å². The Bertz CT molecular complexity index is 959. The van der Waals surface area contributed by atoms with Gasteiger partial charge in [0.1, 0.15) is 10.5 Å². The third-order valence-corrected chi connectivity index (χ3v) is 5.88. The SMILES string of the molecule is Cn1c(=O)ccc2ncc(Cl)c(OC[C@H]3CC[C@H](N(C(=O)O)C(C)(C)C)CC3)c21. The first-order chi connectivity index (χ1) is 13.6. The van der Waals surface area contributed by atoms with Crippen LogP contribution in [0.25, 0.3) is 11.0 Å². The number of halogens is 1. The van der Waals surface area contributed by atoms with E-state index in [2.05, 4.69) is 4.98 Å². The average molecular weight is 422 g/mol. The summed E-state index contributed by atoms with van der Waals surface area (Å²) in [5, 5.41) is 9.98. The predicted octanol–water partition coefficient (Wildman–Crippen LogP) is 4.30. The number of aromatic nitrogens is 2. The molecule has 0 radical (unpaired) electrons. The van der Waals surface area contributed by atoms with Gasteiger partial charge in [0.25, 0.3) is 5.56 Å². The van der Waals surface area contributed by atoms with Crippen molar-refractivity contribution in [2.75, 3.05) is 6.61 Å². The number of carbonyl (C=O) groups is 1. The smallest absolute Gasteiger partial charge is 0.407 e. The first-order valence-corrected chi connectivity index (χ1v) is 10.3. The zero-order valence-corrected chi connectivity index (χ0v) is 18.1. The Morgan fingerprint density at radius 1 is 1.31 bits per heavy atom. The fourth-order valence-corrected chi connectivity index (χ4v) is 4.39. The molecule has 0 spiro atoms. The molecule has 0 bridgehead atoms. The molecule has 3 rings (SSSR count). The minimum absolute atomic E-state index is 0.0231. The number of pyridine rings is 2.